The molecule has 0 bridgehead atoms. The Labute approximate surface area is 144 Å². The lowest BCUT2D eigenvalue weighted by Gasteiger charge is -2.30. The summed E-state index contributed by atoms with van der Waals surface area (Å²) in [6, 6.07) is 4.38. The number of rotatable bonds is 9. The topological polar surface area (TPSA) is 92.4 Å². The number of ether oxygens (including phenoxy) is 1. The van der Waals surface area contributed by atoms with Crippen molar-refractivity contribution in [2.75, 3.05) is 52.5 Å². The summed E-state index contributed by atoms with van der Waals surface area (Å²) in [6.45, 7) is 7.52. The third kappa shape index (κ3) is 5.76. The van der Waals surface area contributed by atoms with Crippen LogP contribution in [0.15, 0.2) is 0 Å². The Morgan fingerprint density at radius 1 is 1.33 bits per heavy atom. The Hall–Kier alpha value is -1.67. The van der Waals surface area contributed by atoms with Gasteiger partial charge in [0.1, 0.15) is 5.54 Å². The maximum Gasteiger partial charge on any atom is 0.235 e. The predicted octanol–water partition coefficient (Wildman–Crippen LogP) is 0.343. The van der Waals surface area contributed by atoms with E-state index in [0.717, 1.165) is 52.2 Å². The smallest absolute Gasteiger partial charge is 0.235 e. The van der Waals surface area contributed by atoms with Crippen LogP contribution in [0.1, 0.15) is 26.2 Å². The highest BCUT2D eigenvalue weighted by atomic mass is 16.5. The van der Waals surface area contributed by atoms with Gasteiger partial charge in [-0.3, -0.25) is 14.6 Å². The van der Waals surface area contributed by atoms with Crippen LogP contribution in [0, 0.1) is 28.6 Å². The standard InChI is InChI=1S/C17H27N5O2/c1-17(14-19,15-3-4-15)20-16(23)13-22(6-2-5-18)8-7-21-9-11-24-12-10-21/h15H,2-4,6-13H2,1H3,(H,20,23). The molecule has 7 nitrogen and oxygen atoms in total. The van der Waals surface area contributed by atoms with Crippen LogP contribution in [-0.4, -0.2) is 73.7 Å². The third-order valence-electron chi connectivity index (χ3n) is 4.77. The SMILES string of the molecule is CC(C#N)(NC(=O)CN(CCC#N)CCN1CCOCC1)C1CC1. The minimum absolute atomic E-state index is 0.133. The molecule has 132 valence electrons. The number of carbonyl (C=O) groups is 1. The van der Waals surface area contributed by atoms with Gasteiger partial charge in [0.2, 0.25) is 5.91 Å². The number of carbonyl (C=O) groups excluding carboxylic acids is 1. The minimum atomic E-state index is -0.762. The van der Waals surface area contributed by atoms with Gasteiger partial charge in [-0.05, 0) is 25.7 Å². The van der Waals surface area contributed by atoms with Crippen LogP contribution in [-0.2, 0) is 9.53 Å². The number of nitrogens with one attached hydrogen (secondary N) is 1. The number of amides is 1. The van der Waals surface area contributed by atoms with Crippen molar-refractivity contribution >= 4 is 5.91 Å². The molecule has 0 aromatic heterocycles. The second-order valence-corrected chi connectivity index (χ2v) is 6.77. The van der Waals surface area contributed by atoms with Crippen LogP contribution in [0.25, 0.3) is 0 Å². The zero-order valence-corrected chi connectivity index (χ0v) is 14.5. The second-order valence-electron chi connectivity index (χ2n) is 6.77. The lowest BCUT2D eigenvalue weighted by molar-refractivity contribution is -0.123. The van der Waals surface area contributed by atoms with Crippen molar-refractivity contribution in [3.8, 4) is 12.1 Å². The summed E-state index contributed by atoms with van der Waals surface area (Å²) >= 11 is 0. The van der Waals surface area contributed by atoms with Crippen molar-refractivity contribution in [3.63, 3.8) is 0 Å². The fourth-order valence-electron chi connectivity index (χ4n) is 3.00. The molecule has 1 heterocycles. The molecule has 0 radical (unpaired) electrons. The third-order valence-corrected chi connectivity index (χ3v) is 4.77. The number of nitriles is 2. The lowest BCUT2D eigenvalue weighted by Crippen LogP contribution is -2.51. The van der Waals surface area contributed by atoms with Gasteiger partial charge in [0.15, 0.2) is 0 Å². The molecule has 2 aliphatic rings. The van der Waals surface area contributed by atoms with E-state index in [2.05, 4.69) is 22.4 Å². The van der Waals surface area contributed by atoms with E-state index >= 15 is 0 Å². The fraction of sp³-hybridized carbons (Fsp3) is 0.824. The zero-order chi connectivity index (χ0) is 17.4. The maximum atomic E-state index is 12.4. The molecule has 1 unspecified atom stereocenters. The van der Waals surface area contributed by atoms with E-state index in [4.69, 9.17) is 10.00 Å². The highest BCUT2D eigenvalue weighted by molar-refractivity contribution is 5.79. The van der Waals surface area contributed by atoms with Gasteiger partial charge in [0.05, 0.1) is 31.9 Å². The Morgan fingerprint density at radius 2 is 2.04 bits per heavy atom. The van der Waals surface area contributed by atoms with E-state index in [1.54, 1.807) is 6.92 Å². The van der Waals surface area contributed by atoms with Gasteiger partial charge in [0.25, 0.3) is 0 Å². The zero-order valence-electron chi connectivity index (χ0n) is 14.5. The van der Waals surface area contributed by atoms with Crippen LogP contribution < -0.4 is 5.32 Å². The highest BCUT2D eigenvalue weighted by Gasteiger charge is 2.43. The molecule has 0 aromatic carbocycles. The van der Waals surface area contributed by atoms with E-state index in [1.165, 1.54) is 0 Å². The molecule has 1 saturated carbocycles. The monoisotopic (exact) mass is 333 g/mol. The van der Waals surface area contributed by atoms with E-state index < -0.39 is 5.54 Å². The van der Waals surface area contributed by atoms with Crippen LogP contribution in [0.3, 0.4) is 0 Å². The Morgan fingerprint density at radius 3 is 2.62 bits per heavy atom. The fourth-order valence-corrected chi connectivity index (χ4v) is 3.00. The molecule has 1 saturated heterocycles. The van der Waals surface area contributed by atoms with Crippen molar-refractivity contribution < 1.29 is 9.53 Å². The molecular formula is C17H27N5O2. The summed E-state index contributed by atoms with van der Waals surface area (Å²) in [7, 11) is 0. The normalized spacial score (nSPS) is 20.8. The van der Waals surface area contributed by atoms with Crippen molar-refractivity contribution in [3.05, 3.63) is 0 Å². The molecule has 1 N–H and O–H groups in total. The van der Waals surface area contributed by atoms with Gasteiger partial charge in [0, 0.05) is 39.1 Å². The number of nitrogens with zero attached hydrogens (tertiary/aromatic N) is 4. The van der Waals surface area contributed by atoms with Crippen LogP contribution >= 0.6 is 0 Å². The van der Waals surface area contributed by atoms with E-state index in [9.17, 15) is 10.1 Å². The molecule has 0 spiro atoms. The van der Waals surface area contributed by atoms with Crippen molar-refractivity contribution in [2.45, 2.75) is 31.7 Å². The summed E-state index contributed by atoms with van der Waals surface area (Å²) < 4.78 is 5.34. The molecule has 1 aliphatic heterocycles. The summed E-state index contributed by atoms with van der Waals surface area (Å²) in [6.07, 6.45) is 2.40. The summed E-state index contributed by atoms with van der Waals surface area (Å²) in [5, 5.41) is 21.1. The lowest BCUT2D eigenvalue weighted by atomic mass is 9.98. The average Bonchev–Trinajstić information content (AvgIpc) is 3.43. The maximum absolute atomic E-state index is 12.4. The second kappa shape index (κ2) is 8.98. The molecule has 0 aromatic rings. The number of hydrogen-bond acceptors (Lipinski definition) is 6. The number of morpholine rings is 1. The first-order chi connectivity index (χ1) is 11.6. The van der Waals surface area contributed by atoms with Gasteiger partial charge in [-0.15, -0.1) is 0 Å². The average molecular weight is 333 g/mol. The largest absolute Gasteiger partial charge is 0.379 e. The summed E-state index contributed by atoms with van der Waals surface area (Å²) in [5.41, 5.74) is -0.762. The van der Waals surface area contributed by atoms with Gasteiger partial charge >= 0.3 is 0 Å². The summed E-state index contributed by atoms with van der Waals surface area (Å²) in [5.74, 6) is 0.137. The van der Waals surface area contributed by atoms with Crippen molar-refractivity contribution in [1.29, 1.82) is 10.5 Å². The van der Waals surface area contributed by atoms with E-state index in [0.29, 0.717) is 13.0 Å². The van der Waals surface area contributed by atoms with Crippen molar-refractivity contribution in [1.82, 2.24) is 15.1 Å². The van der Waals surface area contributed by atoms with Gasteiger partial charge in [-0.25, -0.2) is 0 Å². The molecule has 1 aliphatic carbocycles. The van der Waals surface area contributed by atoms with E-state index in [-0.39, 0.29) is 18.4 Å². The Bertz CT molecular complexity index is 502. The molecular weight excluding hydrogens is 306 g/mol. The summed E-state index contributed by atoms with van der Waals surface area (Å²) in [4.78, 5) is 16.7. The Kier molecular flexibility index (Phi) is 6.99. The van der Waals surface area contributed by atoms with Gasteiger partial charge in [-0.1, -0.05) is 0 Å². The first-order valence-electron chi connectivity index (χ1n) is 8.69. The Balaban J connectivity index is 1.81. The molecule has 2 rings (SSSR count). The van der Waals surface area contributed by atoms with E-state index in [1.807, 2.05) is 4.90 Å². The quantitative estimate of drug-likeness (QED) is 0.654. The van der Waals surface area contributed by atoms with Crippen LogP contribution in [0.2, 0.25) is 0 Å². The molecule has 2 fully saturated rings. The first-order valence-corrected chi connectivity index (χ1v) is 8.69. The predicted molar refractivity (Wildman–Crippen MR) is 88.8 cm³/mol. The molecule has 24 heavy (non-hydrogen) atoms. The van der Waals surface area contributed by atoms with Gasteiger partial charge < -0.3 is 10.1 Å². The van der Waals surface area contributed by atoms with Crippen LogP contribution in [0.5, 0.6) is 0 Å². The first kappa shape index (κ1) is 18.7. The van der Waals surface area contributed by atoms with Crippen molar-refractivity contribution in [2.24, 2.45) is 5.92 Å². The molecule has 7 heteroatoms. The van der Waals surface area contributed by atoms with Gasteiger partial charge in [-0.2, -0.15) is 10.5 Å². The molecule has 1 amide bonds. The highest BCUT2D eigenvalue weighted by Crippen LogP contribution is 2.39. The van der Waals surface area contributed by atoms with Crippen LogP contribution in [0.4, 0.5) is 0 Å². The minimum Gasteiger partial charge on any atom is -0.379 e. The number of hydrogen-bond donors (Lipinski definition) is 1. The molecule has 1 atom stereocenters.